The van der Waals surface area contributed by atoms with Crippen molar-refractivity contribution in [2.75, 3.05) is 40.5 Å². The van der Waals surface area contributed by atoms with Crippen LogP contribution in [0, 0.1) is 5.92 Å². The topological polar surface area (TPSA) is 82.1 Å². The van der Waals surface area contributed by atoms with Gasteiger partial charge in [0.05, 0.1) is 6.61 Å². The van der Waals surface area contributed by atoms with Crippen molar-refractivity contribution in [3.05, 3.63) is 24.3 Å². The van der Waals surface area contributed by atoms with E-state index in [1.807, 2.05) is 26.2 Å². The first kappa shape index (κ1) is 47.8. The van der Waals surface area contributed by atoms with Crippen LogP contribution in [0.5, 0.6) is 0 Å². The Hall–Kier alpha value is -2.15. The fourth-order valence-electron chi connectivity index (χ4n) is 6.04. The molecule has 0 aliphatic heterocycles. The summed E-state index contributed by atoms with van der Waals surface area (Å²) < 4.78 is 16.2. The van der Waals surface area contributed by atoms with Crippen LogP contribution in [0.3, 0.4) is 0 Å². The highest BCUT2D eigenvalue weighted by atomic mass is 16.5. The molecule has 0 aromatic rings. The van der Waals surface area contributed by atoms with E-state index in [0.717, 1.165) is 109 Å². The number of nitrogens with zero attached hydrogens (tertiary/aromatic N) is 1. The average Bonchev–Trinajstić information content (AvgIpc) is 3.09. The molecule has 0 N–H and O–H groups in total. The summed E-state index contributed by atoms with van der Waals surface area (Å²) in [5, 5.41) is 0. The van der Waals surface area contributed by atoms with Gasteiger partial charge in [0, 0.05) is 25.8 Å². The van der Waals surface area contributed by atoms with Gasteiger partial charge < -0.3 is 19.1 Å². The lowest BCUT2D eigenvalue weighted by Crippen LogP contribution is -2.16. The van der Waals surface area contributed by atoms with Crippen molar-refractivity contribution in [1.82, 2.24) is 4.90 Å². The molecule has 0 bridgehead atoms. The largest absolute Gasteiger partial charge is 0.466 e. The first-order chi connectivity index (χ1) is 24.4. The van der Waals surface area contributed by atoms with Crippen LogP contribution in [0.1, 0.15) is 187 Å². The van der Waals surface area contributed by atoms with Crippen molar-refractivity contribution < 1.29 is 28.6 Å². The minimum Gasteiger partial charge on any atom is -0.466 e. The quantitative estimate of drug-likeness (QED) is 0.0275. The first-order valence-electron chi connectivity index (χ1n) is 20.8. The summed E-state index contributed by atoms with van der Waals surface area (Å²) >= 11 is 0. The summed E-state index contributed by atoms with van der Waals surface area (Å²) in [5.41, 5.74) is 0. The van der Waals surface area contributed by atoms with Crippen molar-refractivity contribution in [1.29, 1.82) is 0 Å². The Morgan fingerprint density at radius 1 is 0.480 bits per heavy atom. The molecule has 292 valence electrons. The van der Waals surface area contributed by atoms with Crippen LogP contribution in [0.15, 0.2) is 24.3 Å². The molecular weight excluding hydrogens is 626 g/mol. The Balaban J connectivity index is 4.18. The van der Waals surface area contributed by atoms with E-state index in [2.05, 4.69) is 30.9 Å². The van der Waals surface area contributed by atoms with Crippen LogP contribution >= 0.6 is 0 Å². The van der Waals surface area contributed by atoms with E-state index >= 15 is 0 Å². The second kappa shape index (κ2) is 38.1. The fraction of sp³-hybridized carbons (Fsp3) is 0.837. The number of carbonyl (C=O) groups is 3. The summed E-state index contributed by atoms with van der Waals surface area (Å²) in [6.45, 7) is 6.64. The number of ether oxygens (including phenoxy) is 3. The van der Waals surface area contributed by atoms with E-state index in [4.69, 9.17) is 14.2 Å². The fourth-order valence-corrected chi connectivity index (χ4v) is 6.04. The van der Waals surface area contributed by atoms with Crippen LogP contribution in [0.2, 0.25) is 0 Å². The maximum Gasteiger partial charge on any atom is 0.306 e. The number of allylic oxidation sites excluding steroid dienone is 2. The summed E-state index contributed by atoms with van der Waals surface area (Å²) in [7, 11) is 4.06. The summed E-state index contributed by atoms with van der Waals surface area (Å²) in [4.78, 5) is 38.5. The normalized spacial score (nSPS) is 11.7. The lowest BCUT2D eigenvalue weighted by Gasteiger charge is -2.17. The molecule has 7 heteroatoms. The lowest BCUT2D eigenvalue weighted by atomic mass is 9.90. The van der Waals surface area contributed by atoms with Crippen LogP contribution in [0.4, 0.5) is 0 Å². The van der Waals surface area contributed by atoms with Gasteiger partial charge in [-0.05, 0) is 71.4 Å². The lowest BCUT2D eigenvalue weighted by molar-refractivity contribution is -0.144. The summed E-state index contributed by atoms with van der Waals surface area (Å²) in [6.07, 6.45) is 36.7. The van der Waals surface area contributed by atoms with Crippen LogP contribution < -0.4 is 0 Å². The molecular formula is C43H79NO6. The third kappa shape index (κ3) is 37.1. The molecule has 0 saturated carbocycles. The predicted octanol–water partition coefficient (Wildman–Crippen LogP) is 11.5. The number of hydrogen-bond donors (Lipinski definition) is 0. The zero-order valence-electron chi connectivity index (χ0n) is 33.2. The Bertz CT molecular complexity index is 787. The van der Waals surface area contributed by atoms with E-state index in [9.17, 15) is 14.4 Å². The number of carbonyl (C=O) groups excluding carboxylic acids is 3. The minimum absolute atomic E-state index is 0.0718. The molecule has 50 heavy (non-hydrogen) atoms. The molecule has 0 aromatic heterocycles. The van der Waals surface area contributed by atoms with E-state index in [-0.39, 0.29) is 17.9 Å². The van der Waals surface area contributed by atoms with E-state index in [1.165, 1.54) is 51.4 Å². The monoisotopic (exact) mass is 706 g/mol. The maximum atomic E-state index is 12.4. The van der Waals surface area contributed by atoms with E-state index in [1.54, 1.807) is 0 Å². The zero-order valence-corrected chi connectivity index (χ0v) is 33.2. The Morgan fingerprint density at radius 2 is 0.920 bits per heavy atom. The zero-order chi connectivity index (χ0) is 36.8. The second-order valence-electron chi connectivity index (χ2n) is 14.4. The Morgan fingerprint density at radius 3 is 1.40 bits per heavy atom. The van der Waals surface area contributed by atoms with Crippen LogP contribution in [-0.2, 0) is 28.6 Å². The van der Waals surface area contributed by atoms with Crippen molar-refractivity contribution >= 4 is 17.9 Å². The second-order valence-corrected chi connectivity index (χ2v) is 14.4. The van der Waals surface area contributed by atoms with Gasteiger partial charge in [-0.1, -0.05) is 141 Å². The van der Waals surface area contributed by atoms with Gasteiger partial charge in [0.15, 0.2) is 0 Å². The Kier molecular flexibility index (Phi) is 36.5. The molecule has 0 radical (unpaired) electrons. The van der Waals surface area contributed by atoms with Gasteiger partial charge in [-0.15, -0.1) is 0 Å². The van der Waals surface area contributed by atoms with E-state index < -0.39 is 0 Å². The summed E-state index contributed by atoms with van der Waals surface area (Å²) in [5.74, 6) is 0.280. The standard InChI is InChI=1S/C43H79NO6/c1-5-7-9-11-13-21-27-37-48-41(45)32-25-19-15-17-23-30-40(34-35-43(47)50-39-29-36-44(3)4)31-24-18-16-20-26-33-42(46)49-38-28-22-14-12-10-8-6-2/h21-22,27-28,40H,5-20,23-26,29-39H2,1-4H3/b27-21-,28-22-. The number of unbranched alkanes of at least 4 members (excludes halogenated alkanes) is 16. The molecule has 0 unspecified atom stereocenters. The highest BCUT2D eigenvalue weighted by molar-refractivity contribution is 5.70. The third-order valence-electron chi connectivity index (χ3n) is 9.22. The van der Waals surface area contributed by atoms with Crippen molar-refractivity contribution in [3.8, 4) is 0 Å². The molecule has 0 spiro atoms. The molecule has 0 heterocycles. The maximum absolute atomic E-state index is 12.4. The SMILES string of the molecule is CCCCCC/C=C\COC(=O)CCCCCCCC(CCCCCCCC(=O)OC/C=C\CCCCCC)CCC(=O)OCCCN(C)C. The van der Waals surface area contributed by atoms with Gasteiger partial charge in [0.25, 0.3) is 0 Å². The smallest absolute Gasteiger partial charge is 0.306 e. The van der Waals surface area contributed by atoms with Gasteiger partial charge in [-0.2, -0.15) is 0 Å². The number of hydrogen-bond acceptors (Lipinski definition) is 7. The molecule has 0 fully saturated rings. The highest BCUT2D eigenvalue weighted by Gasteiger charge is 2.13. The molecule has 0 amide bonds. The third-order valence-corrected chi connectivity index (χ3v) is 9.22. The van der Waals surface area contributed by atoms with Gasteiger partial charge in [-0.3, -0.25) is 14.4 Å². The minimum atomic E-state index is -0.0922. The molecule has 7 nitrogen and oxygen atoms in total. The van der Waals surface area contributed by atoms with Crippen LogP contribution in [-0.4, -0.2) is 63.3 Å². The van der Waals surface area contributed by atoms with Gasteiger partial charge in [0.1, 0.15) is 13.2 Å². The predicted molar refractivity (Wildman–Crippen MR) is 209 cm³/mol. The van der Waals surface area contributed by atoms with Gasteiger partial charge >= 0.3 is 17.9 Å². The molecule has 0 aromatic carbocycles. The van der Waals surface area contributed by atoms with Crippen molar-refractivity contribution in [2.45, 2.75) is 187 Å². The highest BCUT2D eigenvalue weighted by Crippen LogP contribution is 2.24. The molecule has 0 saturated heterocycles. The first-order valence-corrected chi connectivity index (χ1v) is 20.8. The van der Waals surface area contributed by atoms with Gasteiger partial charge in [-0.25, -0.2) is 0 Å². The van der Waals surface area contributed by atoms with Crippen molar-refractivity contribution in [2.24, 2.45) is 5.92 Å². The molecule has 0 aliphatic rings. The molecule has 0 aliphatic carbocycles. The Labute approximate surface area is 308 Å². The van der Waals surface area contributed by atoms with E-state index in [0.29, 0.717) is 45.0 Å². The van der Waals surface area contributed by atoms with Crippen LogP contribution in [0.25, 0.3) is 0 Å². The molecule has 0 atom stereocenters. The number of esters is 3. The summed E-state index contributed by atoms with van der Waals surface area (Å²) in [6, 6.07) is 0. The van der Waals surface area contributed by atoms with Gasteiger partial charge in [0.2, 0.25) is 0 Å². The molecule has 0 rings (SSSR count). The number of rotatable bonds is 37. The average molecular weight is 706 g/mol. The van der Waals surface area contributed by atoms with Crippen molar-refractivity contribution in [3.63, 3.8) is 0 Å².